The Kier molecular flexibility index (Phi) is 3.56. The first-order valence-electron chi connectivity index (χ1n) is 6.43. The first kappa shape index (κ1) is 13.3. The van der Waals surface area contributed by atoms with Gasteiger partial charge in [0.2, 0.25) is 0 Å². The predicted molar refractivity (Wildman–Crippen MR) is 72.8 cm³/mol. The van der Waals surface area contributed by atoms with Gasteiger partial charge >= 0.3 is 7.12 Å². The molecule has 1 aliphatic heterocycles. The molecule has 1 unspecified atom stereocenters. The Labute approximate surface area is 108 Å². The zero-order valence-corrected chi connectivity index (χ0v) is 13.6. The van der Waals surface area contributed by atoms with E-state index in [-0.39, 0.29) is 18.3 Å². The van der Waals surface area contributed by atoms with Gasteiger partial charge in [0.1, 0.15) is 10.5 Å². The molecule has 96 valence electrons. The zero-order chi connectivity index (χ0) is 12.7. The van der Waals surface area contributed by atoms with E-state index in [2.05, 4.69) is 33.8 Å². The van der Waals surface area contributed by atoms with Gasteiger partial charge in [-0.25, -0.2) is 0 Å². The molecule has 1 heterocycles. The van der Waals surface area contributed by atoms with E-state index in [1.54, 1.807) is 0 Å². The van der Waals surface area contributed by atoms with Crippen molar-refractivity contribution in [1.82, 2.24) is 0 Å². The lowest BCUT2D eigenvalue weighted by atomic mass is 9.72. The molecule has 0 N–H and O–H groups in total. The van der Waals surface area contributed by atoms with Crippen molar-refractivity contribution < 1.29 is 13.7 Å². The summed E-state index contributed by atoms with van der Waals surface area (Å²) in [6, 6.07) is 0. The summed E-state index contributed by atoms with van der Waals surface area (Å²) in [7, 11) is 0.669. The summed E-state index contributed by atoms with van der Waals surface area (Å²) in [4.78, 5) is 0. The van der Waals surface area contributed by atoms with E-state index in [0.717, 1.165) is 29.7 Å². The van der Waals surface area contributed by atoms with Crippen LogP contribution in [0.1, 0.15) is 47.0 Å². The highest BCUT2D eigenvalue weighted by atomic mass is 28.2. The Balaban J connectivity index is 2.05. The van der Waals surface area contributed by atoms with E-state index in [1.807, 2.05) is 0 Å². The molecule has 0 bridgehead atoms. The first-order chi connectivity index (χ1) is 7.86. The maximum Gasteiger partial charge on any atom is 0.490 e. The summed E-state index contributed by atoms with van der Waals surface area (Å²) in [6.45, 7) is 8.39. The van der Waals surface area contributed by atoms with Crippen molar-refractivity contribution in [2.75, 3.05) is 0 Å². The molecule has 17 heavy (non-hydrogen) atoms. The molecule has 1 fully saturated rings. The SMILES string of the molecule is CC1(C)OB(C2=CCC(O[SiH3])CC2)OC1(C)C. The molecule has 5 heteroatoms. The number of allylic oxidation sites excluding steroid dienone is 1. The highest BCUT2D eigenvalue weighted by molar-refractivity contribution is 6.54. The van der Waals surface area contributed by atoms with Crippen LogP contribution >= 0.6 is 0 Å². The number of hydrogen-bond donors (Lipinski definition) is 0. The van der Waals surface area contributed by atoms with Gasteiger partial charge < -0.3 is 13.7 Å². The maximum absolute atomic E-state index is 6.05. The van der Waals surface area contributed by atoms with E-state index in [0.29, 0.717) is 6.10 Å². The van der Waals surface area contributed by atoms with Gasteiger partial charge in [-0.3, -0.25) is 0 Å². The van der Waals surface area contributed by atoms with Gasteiger partial charge in [-0.2, -0.15) is 0 Å². The van der Waals surface area contributed by atoms with Crippen LogP contribution in [-0.2, 0) is 13.7 Å². The fourth-order valence-corrected chi connectivity index (χ4v) is 2.68. The Morgan fingerprint density at radius 1 is 1.29 bits per heavy atom. The highest BCUT2D eigenvalue weighted by Gasteiger charge is 2.52. The molecule has 0 amide bonds. The van der Waals surface area contributed by atoms with Gasteiger partial charge in [-0.1, -0.05) is 6.08 Å². The van der Waals surface area contributed by atoms with Crippen molar-refractivity contribution in [2.24, 2.45) is 0 Å². The van der Waals surface area contributed by atoms with E-state index < -0.39 is 0 Å². The molecule has 2 aliphatic rings. The normalized spacial score (nSPS) is 31.6. The second-order valence-corrected chi connectivity index (χ2v) is 6.47. The lowest BCUT2D eigenvalue weighted by Crippen LogP contribution is -2.41. The molecule has 0 aromatic rings. The Hall–Kier alpha value is -0.0982. The van der Waals surface area contributed by atoms with Crippen LogP contribution in [0.15, 0.2) is 11.5 Å². The van der Waals surface area contributed by atoms with E-state index in [4.69, 9.17) is 13.7 Å². The largest absolute Gasteiger partial charge is 0.490 e. The summed E-state index contributed by atoms with van der Waals surface area (Å²) >= 11 is 0. The summed E-state index contributed by atoms with van der Waals surface area (Å²) < 4.78 is 17.6. The third-order valence-electron chi connectivity index (χ3n) is 4.29. The van der Waals surface area contributed by atoms with Crippen LogP contribution in [0.4, 0.5) is 0 Å². The van der Waals surface area contributed by atoms with Crippen molar-refractivity contribution >= 4 is 17.6 Å². The molecular formula is C12H23BO3Si. The average Bonchev–Trinajstić information content (AvgIpc) is 2.48. The Bertz CT molecular complexity index is 312. The minimum absolute atomic E-state index is 0.157. The minimum atomic E-state index is -0.233. The monoisotopic (exact) mass is 254 g/mol. The zero-order valence-electron chi connectivity index (χ0n) is 11.6. The lowest BCUT2D eigenvalue weighted by Gasteiger charge is -2.32. The fraction of sp³-hybridized carbons (Fsp3) is 0.833. The summed E-state index contributed by atoms with van der Waals surface area (Å²) in [5.74, 6) is 0. The molecule has 1 atom stereocenters. The Morgan fingerprint density at radius 3 is 2.29 bits per heavy atom. The molecule has 0 radical (unpaired) electrons. The third kappa shape index (κ3) is 2.52. The van der Waals surface area contributed by atoms with Gasteiger partial charge in [-0.05, 0) is 52.4 Å². The Morgan fingerprint density at radius 2 is 1.88 bits per heavy atom. The van der Waals surface area contributed by atoms with Gasteiger partial charge in [0, 0.05) is 6.10 Å². The molecular weight excluding hydrogens is 231 g/mol. The van der Waals surface area contributed by atoms with Crippen LogP contribution in [0.5, 0.6) is 0 Å². The average molecular weight is 254 g/mol. The van der Waals surface area contributed by atoms with Crippen molar-refractivity contribution in [3.05, 3.63) is 11.5 Å². The van der Waals surface area contributed by atoms with Crippen molar-refractivity contribution in [3.8, 4) is 0 Å². The first-order valence-corrected chi connectivity index (χ1v) is 7.25. The van der Waals surface area contributed by atoms with Crippen LogP contribution in [0.3, 0.4) is 0 Å². The summed E-state index contributed by atoms with van der Waals surface area (Å²) in [6.07, 6.45) is 5.80. The van der Waals surface area contributed by atoms with Crippen molar-refractivity contribution in [1.29, 1.82) is 0 Å². The molecule has 3 nitrogen and oxygen atoms in total. The second-order valence-electron chi connectivity index (χ2n) is 6.00. The van der Waals surface area contributed by atoms with Gasteiger partial charge in [0.25, 0.3) is 0 Å². The topological polar surface area (TPSA) is 27.7 Å². The quantitative estimate of drug-likeness (QED) is 0.697. The standard InChI is InChI=1S/C12H23BO3Si/c1-11(2)12(3,4)16-13(15-11)9-5-7-10(14-17)8-6-9/h5,10H,6-8H2,1-4,17H3. The van der Waals surface area contributed by atoms with Crippen LogP contribution in [0.25, 0.3) is 0 Å². The molecule has 1 saturated heterocycles. The van der Waals surface area contributed by atoms with Gasteiger partial charge in [0.05, 0.1) is 11.2 Å². The molecule has 0 spiro atoms. The molecule has 2 rings (SSSR count). The third-order valence-corrected chi connectivity index (χ3v) is 4.95. The van der Waals surface area contributed by atoms with Crippen LogP contribution in [0, 0.1) is 0 Å². The molecule has 1 aliphatic carbocycles. The second kappa shape index (κ2) is 4.54. The molecule has 0 saturated carbocycles. The molecule has 0 aromatic carbocycles. The summed E-state index contributed by atoms with van der Waals surface area (Å²) in [5.41, 5.74) is 0.825. The lowest BCUT2D eigenvalue weighted by molar-refractivity contribution is 0.00578. The fourth-order valence-electron chi connectivity index (χ4n) is 2.25. The van der Waals surface area contributed by atoms with Crippen LogP contribution < -0.4 is 0 Å². The van der Waals surface area contributed by atoms with Crippen LogP contribution in [0.2, 0.25) is 0 Å². The summed E-state index contributed by atoms with van der Waals surface area (Å²) in [5, 5.41) is 0. The minimum Gasteiger partial charge on any atom is -0.425 e. The highest BCUT2D eigenvalue weighted by Crippen LogP contribution is 2.40. The van der Waals surface area contributed by atoms with E-state index in [1.165, 1.54) is 5.47 Å². The number of rotatable bonds is 2. The smallest absolute Gasteiger partial charge is 0.425 e. The van der Waals surface area contributed by atoms with Gasteiger partial charge in [-0.15, -0.1) is 0 Å². The van der Waals surface area contributed by atoms with Crippen molar-refractivity contribution in [2.45, 2.75) is 64.3 Å². The van der Waals surface area contributed by atoms with Crippen LogP contribution in [-0.4, -0.2) is 34.9 Å². The van der Waals surface area contributed by atoms with Gasteiger partial charge in [0.15, 0.2) is 0 Å². The molecule has 0 aromatic heterocycles. The van der Waals surface area contributed by atoms with E-state index >= 15 is 0 Å². The maximum atomic E-state index is 6.05. The number of hydrogen-bond acceptors (Lipinski definition) is 3. The van der Waals surface area contributed by atoms with Crippen molar-refractivity contribution in [3.63, 3.8) is 0 Å². The van der Waals surface area contributed by atoms with E-state index in [9.17, 15) is 0 Å². The predicted octanol–water partition coefficient (Wildman–Crippen LogP) is 1.39.